The molecule has 0 aliphatic carbocycles. The molecule has 1 N–H and O–H groups in total. The fraction of sp³-hybridized carbons (Fsp3) is 0.615. The summed E-state index contributed by atoms with van der Waals surface area (Å²) in [6.45, 7) is 6.05. The lowest BCUT2D eigenvalue weighted by Crippen LogP contribution is -2.22. The van der Waals surface area contributed by atoms with Gasteiger partial charge in [0, 0.05) is 12.6 Å². The normalized spacial score (nSPS) is 15.6. The van der Waals surface area contributed by atoms with Crippen LogP contribution in [0, 0.1) is 17.0 Å². The Bertz CT molecular complexity index is 444. The van der Waals surface area contributed by atoms with E-state index < -0.39 is 4.92 Å². The van der Waals surface area contributed by atoms with Crippen molar-refractivity contribution in [3.8, 4) is 0 Å². The number of hydrogen-bond acceptors (Lipinski definition) is 5. The van der Waals surface area contributed by atoms with Gasteiger partial charge >= 0.3 is 0 Å². The summed E-state index contributed by atoms with van der Waals surface area (Å²) in [5.74, 6) is 0.713. The molecule has 0 atom stereocenters. The molecule has 2 heterocycles. The number of likely N-dealkylation sites (tertiary alicyclic amines) is 1. The third-order valence-electron chi connectivity index (χ3n) is 3.41. The molecule has 0 amide bonds. The molecular formula is C13H20N4O2. The first-order chi connectivity index (χ1) is 9.16. The fourth-order valence-corrected chi connectivity index (χ4v) is 2.37. The summed E-state index contributed by atoms with van der Waals surface area (Å²) in [6.07, 6.45) is 3.70. The van der Waals surface area contributed by atoms with Gasteiger partial charge in [0.15, 0.2) is 0 Å². The zero-order chi connectivity index (χ0) is 13.7. The second-order valence-electron chi connectivity index (χ2n) is 4.89. The molecule has 0 spiro atoms. The topological polar surface area (TPSA) is 71.3 Å². The number of anilines is 1. The summed E-state index contributed by atoms with van der Waals surface area (Å²) in [7, 11) is 0. The molecule has 1 saturated heterocycles. The minimum atomic E-state index is -0.403. The maximum atomic E-state index is 10.7. The van der Waals surface area contributed by atoms with E-state index >= 15 is 0 Å². The molecule has 104 valence electrons. The van der Waals surface area contributed by atoms with E-state index in [2.05, 4.69) is 15.2 Å². The van der Waals surface area contributed by atoms with Crippen LogP contribution in [0.1, 0.15) is 25.0 Å². The number of rotatable bonds is 6. The summed E-state index contributed by atoms with van der Waals surface area (Å²) in [5.41, 5.74) is 0.525. The van der Waals surface area contributed by atoms with Crippen LogP contribution in [0.4, 0.5) is 11.5 Å². The summed E-state index contributed by atoms with van der Waals surface area (Å²) in [4.78, 5) is 16.9. The number of nitrogens with zero attached hydrogens (tertiary/aromatic N) is 3. The molecule has 1 fully saturated rings. The molecule has 2 rings (SSSR count). The van der Waals surface area contributed by atoms with Crippen LogP contribution in [-0.4, -0.2) is 41.0 Å². The van der Waals surface area contributed by atoms with Crippen molar-refractivity contribution in [3.05, 3.63) is 27.9 Å². The first-order valence-electron chi connectivity index (χ1n) is 6.75. The van der Waals surface area contributed by atoms with Crippen molar-refractivity contribution in [1.29, 1.82) is 0 Å². The second-order valence-corrected chi connectivity index (χ2v) is 4.89. The van der Waals surface area contributed by atoms with E-state index in [1.54, 1.807) is 13.0 Å². The molecule has 0 radical (unpaired) electrons. The summed E-state index contributed by atoms with van der Waals surface area (Å²) in [6, 6.07) is 3.17. The van der Waals surface area contributed by atoms with Crippen LogP contribution in [0.3, 0.4) is 0 Å². The molecule has 0 unspecified atom stereocenters. The van der Waals surface area contributed by atoms with Gasteiger partial charge in [-0.15, -0.1) is 0 Å². The van der Waals surface area contributed by atoms with Gasteiger partial charge in [0.1, 0.15) is 11.5 Å². The number of hydrogen-bond donors (Lipinski definition) is 1. The van der Waals surface area contributed by atoms with Crippen molar-refractivity contribution in [2.24, 2.45) is 0 Å². The van der Waals surface area contributed by atoms with Crippen LogP contribution < -0.4 is 5.32 Å². The van der Waals surface area contributed by atoms with E-state index in [1.165, 1.54) is 32.0 Å². The minimum Gasteiger partial charge on any atom is -0.370 e. The Balaban J connectivity index is 1.76. The molecule has 0 saturated carbocycles. The van der Waals surface area contributed by atoms with Gasteiger partial charge in [0.05, 0.1) is 4.92 Å². The van der Waals surface area contributed by atoms with Crippen molar-refractivity contribution in [3.63, 3.8) is 0 Å². The van der Waals surface area contributed by atoms with Crippen molar-refractivity contribution >= 4 is 11.5 Å². The maximum Gasteiger partial charge on any atom is 0.290 e. The van der Waals surface area contributed by atoms with Gasteiger partial charge in [-0.1, -0.05) is 0 Å². The highest BCUT2D eigenvalue weighted by atomic mass is 16.6. The Morgan fingerprint density at radius 1 is 1.42 bits per heavy atom. The van der Waals surface area contributed by atoms with Crippen LogP contribution in [0.25, 0.3) is 0 Å². The fourth-order valence-electron chi connectivity index (χ4n) is 2.37. The van der Waals surface area contributed by atoms with E-state index in [4.69, 9.17) is 0 Å². The molecule has 19 heavy (non-hydrogen) atoms. The molecule has 0 bridgehead atoms. The number of aromatic nitrogens is 1. The zero-order valence-corrected chi connectivity index (χ0v) is 11.3. The second kappa shape index (κ2) is 6.47. The van der Waals surface area contributed by atoms with E-state index in [-0.39, 0.29) is 5.69 Å². The first-order valence-corrected chi connectivity index (χ1v) is 6.75. The largest absolute Gasteiger partial charge is 0.370 e. The van der Waals surface area contributed by atoms with Crippen molar-refractivity contribution in [2.75, 3.05) is 31.5 Å². The van der Waals surface area contributed by atoms with Crippen LogP contribution in [0.15, 0.2) is 12.1 Å². The van der Waals surface area contributed by atoms with Gasteiger partial charge in [-0.25, -0.2) is 4.98 Å². The Kier molecular flexibility index (Phi) is 4.68. The standard InChI is InChI=1S/C13H20N4O2/c1-11-12(17(18)19)5-6-13(15-11)14-7-4-10-16-8-2-3-9-16/h5-6H,2-4,7-10H2,1H3,(H,14,15). The lowest BCUT2D eigenvalue weighted by molar-refractivity contribution is -0.385. The third-order valence-corrected chi connectivity index (χ3v) is 3.41. The van der Waals surface area contributed by atoms with Gasteiger partial charge in [0.25, 0.3) is 5.69 Å². The Hall–Kier alpha value is -1.69. The molecule has 1 aromatic heterocycles. The summed E-state index contributed by atoms with van der Waals surface area (Å²) < 4.78 is 0. The van der Waals surface area contributed by atoms with E-state index in [9.17, 15) is 10.1 Å². The summed E-state index contributed by atoms with van der Waals surface area (Å²) in [5, 5.41) is 13.9. The first kappa shape index (κ1) is 13.7. The third kappa shape index (κ3) is 3.89. The molecule has 1 aromatic rings. The Morgan fingerprint density at radius 2 is 2.16 bits per heavy atom. The smallest absolute Gasteiger partial charge is 0.290 e. The number of aryl methyl sites for hydroxylation is 1. The van der Waals surface area contributed by atoms with E-state index in [0.717, 1.165) is 19.5 Å². The monoisotopic (exact) mass is 264 g/mol. The average Bonchev–Trinajstić information content (AvgIpc) is 2.87. The highest BCUT2D eigenvalue weighted by Crippen LogP contribution is 2.17. The number of nitrogens with one attached hydrogen (secondary N) is 1. The van der Waals surface area contributed by atoms with Crippen LogP contribution in [0.2, 0.25) is 0 Å². The highest BCUT2D eigenvalue weighted by molar-refractivity contribution is 5.44. The lowest BCUT2D eigenvalue weighted by Gasteiger charge is -2.14. The predicted molar refractivity (Wildman–Crippen MR) is 74.4 cm³/mol. The van der Waals surface area contributed by atoms with E-state index in [1.807, 2.05) is 0 Å². The van der Waals surface area contributed by atoms with Crippen molar-refractivity contribution < 1.29 is 4.92 Å². The average molecular weight is 264 g/mol. The molecule has 0 aromatic carbocycles. The van der Waals surface area contributed by atoms with Crippen LogP contribution >= 0.6 is 0 Å². The molecular weight excluding hydrogens is 244 g/mol. The maximum absolute atomic E-state index is 10.7. The molecule has 6 heteroatoms. The lowest BCUT2D eigenvalue weighted by atomic mass is 10.3. The highest BCUT2D eigenvalue weighted by Gasteiger charge is 2.12. The van der Waals surface area contributed by atoms with Gasteiger partial charge in [0.2, 0.25) is 0 Å². The van der Waals surface area contributed by atoms with Gasteiger partial charge in [-0.3, -0.25) is 10.1 Å². The van der Waals surface area contributed by atoms with Crippen LogP contribution in [-0.2, 0) is 0 Å². The van der Waals surface area contributed by atoms with Gasteiger partial charge in [-0.2, -0.15) is 0 Å². The number of pyridine rings is 1. The minimum absolute atomic E-state index is 0.0719. The van der Waals surface area contributed by atoms with Gasteiger partial charge < -0.3 is 10.2 Å². The molecule has 1 aliphatic rings. The zero-order valence-electron chi connectivity index (χ0n) is 11.3. The van der Waals surface area contributed by atoms with Crippen molar-refractivity contribution in [2.45, 2.75) is 26.2 Å². The summed E-state index contributed by atoms with van der Waals surface area (Å²) >= 11 is 0. The number of nitro groups is 1. The Labute approximate surface area is 113 Å². The van der Waals surface area contributed by atoms with Crippen molar-refractivity contribution in [1.82, 2.24) is 9.88 Å². The Morgan fingerprint density at radius 3 is 2.79 bits per heavy atom. The SMILES string of the molecule is Cc1nc(NCCCN2CCCC2)ccc1[N+](=O)[O-]. The predicted octanol–water partition coefficient (Wildman–Crippen LogP) is 2.20. The quantitative estimate of drug-likeness (QED) is 0.484. The molecule has 1 aliphatic heterocycles. The molecule has 6 nitrogen and oxygen atoms in total. The van der Waals surface area contributed by atoms with Gasteiger partial charge in [-0.05, 0) is 51.9 Å². The van der Waals surface area contributed by atoms with E-state index in [0.29, 0.717) is 11.5 Å². The van der Waals surface area contributed by atoms with Crippen LogP contribution in [0.5, 0.6) is 0 Å².